The van der Waals surface area contributed by atoms with Gasteiger partial charge in [0.1, 0.15) is 0 Å². The number of hydrogen-bond acceptors (Lipinski definition) is 4. The lowest BCUT2D eigenvalue weighted by atomic mass is 9.78. The Morgan fingerprint density at radius 1 is 1.29 bits per heavy atom. The van der Waals surface area contributed by atoms with E-state index in [0.29, 0.717) is 12.1 Å². The summed E-state index contributed by atoms with van der Waals surface area (Å²) in [6.07, 6.45) is 0.388. The fourth-order valence-electron chi connectivity index (χ4n) is 3.25. The van der Waals surface area contributed by atoms with Crippen molar-refractivity contribution in [3.63, 3.8) is 0 Å². The van der Waals surface area contributed by atoms with E-state index in [4.69, 9.17) is 0 Å². The summed E-state index contributed by atoms with van der Waals surface area (Å²) >= 11 is 0.940. The highest BCUT2D eigenvalue weighted by Crippen LogP contribution is 2.42. The van der Waals surface area contributed by atoms with Crippen LogP contribution in [0.15, 0.2) is 30.5 Å². The molecule has 1 N–H and O–H groups in total. The van der Waals surface area contributed by atoms with Crippen LogP contribution in [0.4, 0.5) is 13.2 Å². The Balaban J connectivity index is 1.82. The number of rotatable bonds is 4. The number of nitrogens with one attached hydrogen (secondary N) is 1. The Morgan fingerprint density at radius 3 is 2.67 bits per heavy atom. The van der Waals surface area contributed by atoms with Crippen LogP contribution in [0.5, 0.6) is 0 Å². The van der Waals surface area contributed by atoms with Gasteiger partial charge in [-0.15, -0.1) is 0 Å². The molecule has 1 amide bonds. The third-order valence-electron chi connectivity index (χ3n) is 4.54. The average Bonchev–Trinajstić information content (AvgIpc) is 3.24. The topological polar surface area (TPSA) is 54.9 Å². The van der Waals surface area contributed by atoms with Crippen molar-refractivity contribution in [3.05, 3.63) is 47.3 Å². The maximum Gasteiger partial charge on any atom is 0.416 e. The minimum absolute atomic E-state index is 0.234. The van der Waals surface area contributed by atoms with Crippen LogP contribution in [0, 0.1) is 0 Å². The largest absolute Gasteiger partial charge is 0.416 e. The molecule has 1 aliphatic carbocycles. The quantitative estimate of drug-likeness (QED) is 0.908. The number of carbonyl (C=O) groups excluding carboxylic acids is 1. The lowest BCUT2D eigenvalue weighted by Gasteiger charge is -2.30. The Morgan fingerprint density at radius 2 is 2.04 bits per heavy atom. The predicted octanol–water partition coefficient (Wildman–Crippen LogP) is 3.80. The van der Waals surface area contributed by atoms with Crippen molar-refractivity contribution >= 4 is 17.6 Å². The number of amides is 1. The molecule has 1 aromatic heterocycles. The lowest BCUT2D eigenvalue weighted by molar-refractivity contribution is -0.137. The Labute approximate surface area is 141 Å². The number of benzene rings is 1. The molecule has 8 heteroatoms. The first-order chi connectivity index (χ1) is 11.4. The van der Waals surface area contributed by atoms with Gasteiger partial charge in [0, 0.05) is 12.0 Å². The van der Waals surface area contributed by atoms with Gasteiger partial charge in [0.05, 0.1) is 23.5 Å². The second-order valence-corrected chi connectivity index (χ2v) is 6.60. The first kappa shape index (κ1) is 16.9. The molecule has 1 heterocycles. The van der Waals surface area contributed by atoms with E-state index >= 15 is 0 Å². The van der Waals surface area contributed by atoms with Crippen LogP contribution in [-0.2, 0) is 11.6 Å². The zero-order chi connectivity index (χ0) is 17.2. The van der Waals surface area contributed by atoms with E-state index in [0.717, 1.165) is 43.5 Å². The molecule has 4 nitrogen and oxygen atoms in total. The summed E-state index contributed by atoms with van der Waals surface area (Å²) < 4.78 is 46.6. The van der Waals surface area contributed by atoms with E-state index in [9.17, 15) is 18.0 Å². The minimum Gasteiger partial charge on any atom is -0.350 e. The summed E-state index contributed by atoms with van der Waals surface area (Å²) in [6.45, 7) is 0.296. The molecule has 0 unspecified atom stereocenters. The molecule has 3 rings (SSSR count). The van der Waals surface area contributed by atoms with E-state index in [1.807, 2.05) is 0 Å². The molecule has 0 aliphatic heterocycles. The van der Waals surface area contributed by atoms with Crippen molar-refractivity contribution in [1.82, 2.24) is 14.1 Å². The molecule has 0 bridgehead atoms. The van der Waals surface area contributed by atoms with E-state index < -0.39 is 17.2 Å². The van der Waals surface area contributed by atoms with Crippen molar-refractivity contribution in [2.75, 3.05) is 6.54 Å². The van der Waals surface area contributed by atoms with Gasteiger partial charge in [-0.2, -0.15) is 21.9 Å². The smallest absolute Gasteiger partial charge is 0.350 e. The summed E-state index contributed by atoms with van der Waals surface area (Å²) in [4.78, 5) is 12.1. The number of carbonyl (C=O) groups is 1. The first-order valence-corrected chi connectivity index (χ1v) is 8.37. The molecule has 0 saturated heterocycles. The SMILES string of the molecule is O=C(NCC1(c2cccc(C(F)(F)F)c2)CCCC1)c1cnsn1. The normalized spacial score (nSPS) is 17.0. The maximum absolute atomic E-state index is 13.0. The first-order valence-electron chi connectivity index (χ1n) is 7.64. The van der Waals surface area contributed by atoms with Gasteiger partial charge in [0.2, 0.25) is 0 Å². The molecule has 2 aromatic rings. The molecule has 1 fully saturated rings. The monoisotopic (exact) mass is 355 g/mol. The van der Waals surface area contributed by atoms with E-state index in [1.165, 1.54) is 18.3 Å². The highest BCUT2D eigenvalue weighted by Gasteiger charge is 2.38. The van der Waals surface area contributed by atoms with Gasteiger partial charge >= 0.3 is 6.18 Å². The molecular weight excluding hydrogens is 339 g/mol. The molecule has 0 atom stereocenters. The summed E-state index contributed by atoms with van der Waals surface area (Å²) in [6, 6.07) is 5.44. The van der Waals surface area contributed by atoms with Crippen molar-refractivity contribution in [2.24, 2.45) is 0 Å². The van der Waals surface area contributed by atoms with Gasteiger partial charge in [-0.1, -0.05) is 31.0 Å². The summed E-state index contributed by atoms with van der Waals surface area (Å²) in [5.74, 6) is -0.345. The number of nitrogens with zero attached hydrogens (tertiary/aromatic N) is 2. The third kappa shape index (κ3) is 3.43. The number of aromatic nitrogens is 2. The molecule has 128 valence electrons. The van der Waals surface area contributed by atoms with Crippen molar-refractivity contribution < 1.29 is 18.0 Å². The van der Waals surface area contributed by atoms with Crippen molar-refractivity contribution in [2.45, 2.75) is 37.3 Å². The van der Waals surface area contributed by atoms with Crippen LogP contribution in [0.25, 0.3) is 0 Å². The van der Waals surface area contributed by atoms with Crippen LogP contribution < -0.4 is 5.32 Å². The average molecular weight is 355 g/mol. The van der Waals surface area contributed by atoms with Gasteiger partial charge in [-0.3, -0.25) is 4.79 Å². The molecule has 0 spiro atoms. The molecule has 24 heavy (non-hydrogen) atoms. The standard InChI is InChI=1S/C16H16F3N3OS/c17-16(18,19)12-5-3-4-11(8-12)15(6-1-2-7-15)10-20-14(23)13-9-21-24-22-13/h3-5,8-9H,1-2,6-7,10H2,(H,20,23). The molecule has 0 radical (unpaired) electrons. The predicted molar refractivity (Wildman–Crippen MR) is 83.8 cm³/mol. The molecule has 1 aliphatic rings. The Kier molecular flexibility index (Phi) is 4.58. The highest BCUT2D eigenvalue weighted by atomic mass is 32.1. The van der Waals surface area contributed by atoms with Crippen LogP contribution in [-0.4, -0.2) is 21.2 Å². The van der Waals surface area contributed by atoms with Crippen LogP contribution in [0.3, 0.4) is 0 Å². The number of hydrogen-bond donors (Lipinski definition) is 1. The van der Waals surface area contributed by atoms with E-state index in [1.54, 1.807) is 6.07 Å². The lowest BCUT2D eigenvalue weighted by Crippen LogP contribution is -2.39. The third-order valence-corrected chi connectivity index (χ3v) is 5.02. The second kappa shape index (κ2) is 6.51. The van der Waals surface area contributed by atoms with E-state index in [-0.39, 0.29) is 11.6 Å². The summed E-state index contributed by atoms with van der Waals surface area (Å²) in [5.41, 5.74) is -0.245. The fourth-order valence-corrected chi connectivity index (χ4v) is 3.66. The Bertz CT molecular complexity index is 710. The fraction of sp³-hybridized carbons (Fsp3) is 0.438. The Hall–Kier alpha value is -1.96. The number of alkyl halides is 3. The summed E-state index contributed by atoms with van der Waals surface area (Å²) in [7, 11) is 0. The maximum atomic E-state index is 13.0. The van der Waals surface area contributed by atoms with Crippen LogP contribution >= 0.6 is 11.7 Å². The van der Waals surface area contributed by atoms with E-state index in [2.05, 4.69) is 14.1 Å². The number of halogens is 3. The second-order valence-electron chi connectivity index (χ2n) is 6.04. The van der Waals surface area contributed by atoms with Gasteiger partial charge in [-0.05, 0) is 24.5 Å². The zero-order valence-electron chi connectivity index (χ0n) is 12.8. The highest BCUT2D eigenvalue weighted by molar-refractivity contribution is 6.99. The molecule has 1 saturated carbocycles. The van der Waals surface area contributed by atoms with Gasteiger partial charge < -0.3 is 5.32 Å². The van der Waals surface area contributed by atoms with Crippen molar-refractivity contribution in [3.8, 4) is 0 Å². The van der Waals surface area contributed by atoms with Gasteiger partial charge in [-0.25, -0.2) is 0 Å². The minimum atomic E-state index is -4.37. The van der Waals surface area contributed by atoms with Crippen LogP contribution in [0.2, 0.25) is 0 Å². The van der Waals surface area contributed by atoms with Crippen LogP contribution in [0.1, 0.15) is 47.3 Å². The zero-order valence-corrected chi connectivity index (χ0v) is 13.6. The summed E-state index contributed by atoms with van der Waals surface area (Å²) in [5, 5.41) is 2.81. The van der Waals surface area contributed by atoms with Crippen molar-refractivity contribution in [1.29, 1.82) is 0 Å². The van der Waals surface area contributed by atoms with Gasteiger partial charge in [0.25, 0.3) is 5.91 Å². The van der Waals surface area contributed by atoms with Gasteiger partial charge in [0.15, 0.2) is 5.69 Å². The molecule has 1 aromatic carbocycles. The molecular formula is C16H16F3N3OS.